The minimum Gasteiger partial charge on any atom is -0.325 e. The maximum Gasteiger partial charge on any atom is 0.210 e. The van der Waals surface area contributed by atoms with E-state index in [0.29, 0.717) is 12.0 Å². The van der Waals surface area contributed by atoms with Crippen molar-refractivity contribution in [3.8, 4) is 0 Å². The highest BCUT2D eigenvalue weighted by atomic mass is 15.3. The fourth-order valence-corrected chi connectivity index (χ4v) is 2.76. The van der Waals surface area contributed by atoms with Crippen LogP contribution in [0.5, 0.6) is 0 Å². The SMILES string of the molecule is CCCc1ccccc1NC(=NC1CCCCC1)NN. The molecule has 0 spiro atoms. The number of aliphatic imine (C=N–C) groups is 1. The Hall–Kier alpha value is -1.55. The Morgan fingerprint density at radius 3 is 2.70 bits per heavy atom. The van der Waals surface area contributed by atoms with Crippen molar-refractivity contribution >= 4 is 11.6 Å². The molecule has 1 aromatic carbocycles. The molecule has 1 fully saturated rings. The monoisotopic (exact) mass is 274 g/mol. The normalized spacial score (nSPS) is 17.0. The lowest BCUT2D eigenvalue weighted by atomic mass is 9.96. The highest BCUT2D eigenvalue weighted by Gasteiger charge is 2.13. The number of hydrazine groups is 1. The van der Waals surface area contributed by atoms with Crippen LogP contribution in [0.2, 0.25) is 0 Å². The quantitative estimate of drug-likeness (QED) is 0.342. The first kappa shape index (κ1) is 14.9. The summed E-state index contributed by atoms with van der Waals surface area (Å²) < 4.78 is 0. The summed E-state index contributed by atoms with van der Waals surface area (Å²) >= 11 is 0. The number of aryl methyl sites for hydroxylation is 1. The van der Waals surface area contributed by atoms with Crippen LogP contribution in [0.1, 0.15) is 51.0 Å². The molecular weight excluding hydrogens is 248 g/mol. The van der Waals surface area contributed by atoms with Crippen LogP contribution in [0.25, 0.3) is 0 Å². The number of para-hydroxylation sites is 1. The molecule has 110 valence electrons. The summed E-state index contributed by atoms with van der Waals surface area (Å²) in [6.45, 7) is 2.19. The second-order valence-electron chi connectivity index (χ2n) is 5.45. The number of hydrogen-bond donors (Lipinski definition) is 3. The fraction of sp³-hybridized carbons (Fsp3) is 0.562. The first-order chi connectivity index (χ1) is 9.83. The van der Waals surface area contributed by atoms with Crippen LogP contribution in [0.15, 0.2) is 29.3 Å². The van der Waals surface area contributed by atoms with Gasteiger partial charge in [0.25, 0.3) is 0 Å². The van der Waals surface area contributed by atoms with Crippen LogP contribution >= 0.6 is 0 Å². The van der Waals surface area contributed by atoms with E-state index in [1.807, 2.05) is 6.07 Å². The van der Waals surface area contributed by atoms with Crippen LogP contribution in [0.4, 0.5) is 5.69 Å². The van der Waals surface area contributed by atoms with Crippen LogP contribution in [-0.4, -0.2) is 12.0 Å². The Morgan fingerprint density at radius 2 is 2.00 bits per heavy atom. The predicted octanol–water partition coefficient (Wildman–Crippen LogP) is 3.20. The second kappa shape index (κ2) is 7.90. The van der Waals surface area contributed by atoms with Gasteiger partial charge in [-0.1, -0.05) is 50.8 Å². The number of rotatable bonds is 4. The molecule has 0 heterocycles. The molecule has 1 aromatic rings. The Morgan fingerprint density at radius 1 is 1.25 bits per heavy atom. The van der Waals surface area contributed by atoms with Crippen LogP contribution in [0, 0.1) is 0 Å². The molecule has 2 rings (SSSR count). The molecule has 0 amide bonds. The molecule has 1 saturated carbocycles. The highest BCUT2D eigenvalue weighted by Crippen LogP contribution is 2.21. The largest absolute Gasteiger partial charge is 0.325 e. The van der Waals surface area contributed by atoms with Gasteiger partial charge in [0.1, 0.15) is 0 Å². The molecular formula is C16H26N4. The van der Waals surface area contributed by atoms with Gasteiger partial charge in [0.2, 0.25) is 5.96 Å². The first-order valence-corrected chi connectivity index (χ1v) is 7.72. The number of nitrogens with two attached hydrogens (primary N) is 1. The highest BCUT2D eigenvalue weighted by molar-refractivity contribution is 5.94. The fourth-order valence-electron chi connectivity index (χ4n) is 2.76. The van der Waals surface area contributed by atoms with Crippen molar-refractivity contribution in [3.63, 3.8) is 0 Å². The average Bonchev–Trinajstić information content (AvgIpc) is 2.50. The van der Waals surface area contributed by atoms with E-state index in [9.17, 15) is 0 Å². The molecule has 0 aromatic heterocycles. The summed E-state index contributed by atoms with van der Waals surface area (Å²) in [7, 11) is 0. The van der Waals surface area contributed by atoms with Crippen LogP contribution in [0.3, 0.4) is 0 Å². The number of benzene rings is 1. The average molecular weight is 274 g/mol. The predicted molar refractivity (Wildman–Crippen MR) is 85.7 cm³/mol. The van der Waals surface area contributed by atoms with Crippen LogP contribution in [-0.2, 0) is 6.42 Å². The number of guanidine groups is 1. The summed E-state index contributed by atoms with van der Waals surface area (Å²) in [5.41, 5.74) is 5.11. The van der Waals surface area contributed by atoms with Crippen molar-refractivity contribution in [1.29, 1.82) is 0 Å². The smallest absolute Gasteiger partial charge is 0.210 e. The minimum absolute atomic E-state index is 0.403. The van der Waals surface area contributed by atoms with Gasteiger partial charge in [-0.2, -0.15) is 0 Å². The summed E-state index contributed by atoms with van der Waals surface area (Å²) in [6, 6.07) is 8.75. The van der Waals surface area contributed by atoms with Gasteiger partial charge in [0.05, 0.1) is 6.04 Å². The standard InChI is InChI=1S/C16H26N4/c1-2-8-13-9-6-7-12-15(13)19-16(20-17)18-14-10-4-3-5-11-14/h6-7,9,12,14H,2-5,8,10-11,17H2,1H3,(H2,18,19,20). The van der Waals surface area contributed by atoms with E-state index in [2.05, 4.69) is 35.9 Å². The van der Waals surface area contributed by atoms with Crippen LogP contribution < -0.4 is 16.6 Å². The van der Waals surface area contributed by atoms with Gasteiger partial charge in [-0.15, -0.1) is 0 Å². The van der Waals surface area contributed by atoms with Crippen molar-refractivity contribution < 1.29 is 0 Å². The van der Waals surface area contributed by atoms with Gasteiger partial charge in [-0.25, -0.2) is 10.8 Å². The third-order valence-electron chi connectivity index (χ3n) is 3.81. The first-order valence-electron chi connectivity index (χ1n) is 7.72. The minimum atomic E-state index is 0.403. The number of nitrogens with one attached hydrogen (secondary N) is 2. The number of anilines is 1. The molecule has 0 aliphatic heterocycles. The molecule has 0 unspecified atom stereocenters. The Bertz CT molecular complexity index is 436. The number of nitrogens with zero attached hydrogens (tertiary/aromatic N) is 1. The third kappa shape index (κ3) is 4.23. The molecule has 0 bridgehead atoms. The molecule has 0 radical (unpaired) electrons. The van der Waals surface area contributed by atoms with Crippen molar-refractivity contribution in [2.45, 2.75) is 57.9 Å². The molecule has 1 aliphatic rings. The summed E-state index contributed by atoms with van der Waals surface area (Å²) in [5, 5.41) is 3.34. The topological polar surface area (TPSA) is 62.4 Å². The van der Waals surface area contributed by atoms with Crippen molar-refractivity contribution in [1.82, 2.24) is 5.43 Å². The zero-order valence-electron chi connectivity index (χ0n) is 12.4. The lowest BCUT2D eigenvalue weighted by Crippen LogP contribution is -2.37. The van der Waals surface area contributed by atoms with E-state index in [1.165, 1.54) is 37.7 Å². The maximum absolute atomic E-state index is 5.62. The Kier molecular flexibility index (Phi) is 5.87. The molecule has 20 heavy (non-hydrogen) atoms. The lowest BCUT2D eigenvalue weighted by molar-refractivity contribution is 0.442. The molecule has 4 nitrogen and oxygen atoms in total. The molecule has 4 N–H and O–H groups in total. The van der Waals surface area contributed by atoms with Gasteiger partial charge >= 0.3 is 0 Å². The van der Waals surface area contributed by atoms with Gasteiger partial charge in [0, 0.05) is 5.69 Å². The lowest BCUT2D eigenvalue weighted by Gasteiger charge is -2.20. The number of hydrogen-bond acceptors (Lipinski definition) is 2. The summed E-state index contributed by atoms with van der Waals surface area (Å²) in [4.78, 5) is 4.72. The van der Waals surface area contributed by atoms with E-state index in [-0.39, 0.29) is 0 Å². The second-order valence-corrected chi connectivity index (χ2v) is 5.45. The molecule has 0 atom stereocenters. The Balaban J connectivity index is 2.07. The van der Waals surface area contributed by atoms with Gasteiger partial charge < -0.3 is 5.32 Å². The third-order valence-corrected chi connectivity index (χ3v) is 3.81. The molecule has 0 saturated heterocycles. The van der Waals surface area contributed by atoms with E-state index in [4.69, 9.17) is 10.8 Å². The Labute approximate surface area is 121 Å². The van der Waals surface area contributed by atoms with Gasteiger partial charge in [-0.3, -0.25) is 5.43 Å². The zero-order chi connectivity index (χ0) is 14.2. The summed E-state index contributed by atoms with van der Waals surface area (Å²) in [5.74, 6) is 6.30. The summed E-state index contributed by atoms with van der Waals surface area (Å²) in [6.07, 6.45) is 8.42. The van der Waals surface area contributed by atoms with Crippen molar-refractivity contribution in [2.75, 3.05) is 5.32 Å². The zero-order valence-corrected chi connectivity index (χ0v) is 12.4. The molecule has 1 aliphatic carbocycles. The van der Waals surface area contributed by atoms with E-state index in [0.717, 1.165) is 18.5 Å². The van der Waals surface area contributed by atoms with E-state index < -0.39 is 0 Å². The molecule has 4 heteroatoms. The van der Waals surface area contributed by atoms with Gasteiger partial charge in [-0.05, 0) is 30.9 Å². The van der Waals surface area contributed by atoms with E-state index in [1.54, 1.807) is 0 Å². The maximum atomic E-state index is 5.62. The van der Waals surface area contributed by atoms with Crippen molar-refractivity contribution in [3.05, 3.63) is 29.8 Å². The van der Waals surface area contributed by atoms with Crippen molar-refractivity contribution in [2.24, 2.45) is 10.8 Å². The van der Waals surface area contributed by atoms with E-state index >= 15 is 0 Å². The van der Waals surface area contributed by atoms with Gasteiger partial charge in [0.15, 0.2) is 0 Å².